The first-order chi connectivity index (χ1) is 9.76. The second-order valence-corrected chi connectivity index (χ2v) is 5.50. The topological polar surface area (TPSA) is 53.6 Å². The number of carbonyl (C=O) groups excluding carboxylic acids is 1. The van der Waals surface area contributed by atoms with Gasteiger partial charge in [0, 0.05) is 25.2 Å². The van der Waals surface area contributed by atoms with Crippen LogP contribution in [0.2, 0.25) is 0 Å². The van der Waals surface area contributed by atoms with Gasteiger partial charge in [0.05, 0.1) is 12.8 Å². The lowest BCUT2D eigenvalue weighted by Gasteiger charge is -2.25. The third-order valence-corrected chi connectivity index (χ3v) is 4.16. The largest absolute Gasteiger partial charge is 0.495 e. The average Bonchev–Trinajstić information content (AvgIpc) is 2.78. The number of hydrogen-bond donors (Lipinski definition) is 2. The van der Waals surface area contributed by atoms with Crippen molar-refractivity contribution in [2.75, 3.05) is 25.5 Å². The number of urea groups is 1. The Labute approximate surface area is 119 Å². The van der Waals surface area contributed by atoms with Gasteiger partial charge in [0.25, 0.3) is 0 Å². The van der Waals surface area contributed by atoms with Gasteiger partial charge in [-0.05, 0) is 31.4 Å². The van der Waals surface area contributed by atoms with Gasteiger partial charge in [-0.15, -0.1) is 0 Å². The highest BCUT2D eigenvalue weighted by Gasteiger charge is 2.31. The summed E-state index contributed by atoms with van der Waals surface area (Å²) in [5.41, 5.74) is 0.724. The standard InChI is InChI=1S/C15H21N3O2/c1-20-14-5-3-2-4-13(14)17-15(19)18-9-8-11-6-7-12(10-18)16-11/h2-5,11-12,16H,6-10H2,1H3,(H,17,19). The highest BCUT2D eigenvalue weighted by Crippen LogP contribution is 2.25. The minimum atomic E-state index is -0.0381. The van der Waals surface area contributed by atoms with Crippen LogP contribution >= 0.6 is 0 Å². The molecule has 2 atom stereocenters. The Balaban J connectivity index is 1.66. The van der Waals surface area contributed by atoms with Gasteiger partial charge in [-0.1, -0.05) is 12.1 Å². The van der Waals surface area contributed by atoms with Crippen molar-refractivity contribution in [3.8, 4) is 5.75 Å². The summed E-state index contributed by atoms with van der Waals surface area (Å²) in [6, 6.07) is 8.49. The maximum absolute atomic E-state index is 12.4. The zero-order chi connectivity index (χ0) is 13.9. The van der Waals surface area contributed by atoms with Crippen molar-refractivity contribution in [3.05, 3.63) is 24.3 Å². The molecule has 3 rings (SSSR count). The van der Waals surface area contributed by atoms with Crippen LogP contribution < -0.4 is 15.4 Å². The molecule has 2 aliphatic rings. The average molecular weight is 275 g/mol. The summed E-state index contributed by atoms with van der Waals surface area (Å²) in [7, 11) is 1.61. The van der Waals surface area contributed by atoms with E-state index >= 15 is 0 Å². The number of anilines is 1. The lowest BCUT2D eigenvalue weighted by atomic mass is 10.1. The molecule has 2 saturated heterocycles. The predicted molar refractivity (Wildman–Crippen MR) is 78.1 cm³/mol. The van der Waals surface area contributed by atoms with Crippen LogP contribution in [0.1, 0.15) is 19.3 Å². The van der Waals surface area contributed by atoms with Gasteiger partial charge in [-0.3, -0.25) is 0 Å². The number of carbonyl (C=O) groups is 1. The molecular weight excluding hydrogens is 254 g/mol. The maximum Gasteiger partial charge on any atom is 0.322 e. The van der Waals surface area contributed by atoms with Crippen molar-refractivity contribution in [3.63, 3.8) is 0 Å². The molecular formula is C15H21N3O2. The lowest BCUT2D eigenvalue weighted by Crippen LogP contribution is -2.41. The fourth-order valence-electron chi connectivity index (χ4n) is 3.07. The molecule has 2 aliphatic heterocycles. The third kappa shape index (κ3) is 2.72. The van der Waals surface area contributed by atoms with Crippen LogP contribution in [-0.4, -0.2) is 43.2 Å². The Morgan fingerprint density at radius 1 is 1.30 bits per heavy atom. The van der Waals surface area contributed by atoms with Crippen molar-refractivity contribution in [1.29, 1.82) is 0 Å². The van der Waals surface area contributed by atoms with E-state index in [2.05, 4.69) is 10.6 Å². The summed E-state index contributed by atoms with van der Waals surface area (Å²) in [6.45, 7) is 1.60. The molecule has 5 nitrogen and oxygen atoms in total. The normalized spacial score (nSPS) is 25.1. The van der Waals surface area contributed by atoms with E-state index in [1.165, 1.54) is 12.8 Å². The number of rotatable bonds is 2. The molecule has 2 heterocycles. The van der Waals surface area contributed by atoms with Crippen LogP contribution in [0.15, 0.2) is 24.3 Å². The molecule has 2 unspecified atom stereocenters. The molecule has 20 heavy (non-hydrogen) atoms. The van der Waals surface area contributed by atoms with E-state index in [1.807, 2.05) is 29.2 Å². The van der Waals surface area contributed by atoms with E-state index in [0.717, 1.165) is 25.2 Å². The summed E-state index contributed by atoms with van der Waals surface area (Å²) in [5, 5.41) is 6.53. The van der Waals surface area contributed by atoms with E-state index in [9.17, 15) is 4.79 Å². The second kappa shape index (κ2) is 5.71. The molecule has 0 radical (unpaired) electrons. The van der Waals surface area contributed by atoms with Gasteiger partial charge < -0.3 is 20.3 Å². The number of nitrogens with one attached hydrogen (secondary N) is 2. The lowest BCUT2D eigenvalue weighted by molar-refractivity contribution is 0.208. The minimum absolute atomic E-state index is 0.0381. The quantitative estimate of drug-likeness (QED) is 0.868. The van der Waals surface area contributed by atoms with Crippen molar-refractivity contribution < 1.29 is 9.53 Å². The molecule has 2 amide bonds. The van der Waals surface area contributed by atoms with Gasteiger partial charge in [0.1, 0.15) is 5.75 Å². The molecule has 108 valence electrons. The first kappa shape index (κ1) is 13.2. The van der Waals surface area contributed by atoms with Crippen LogP contribution in [0.25, 0.3) is 0 Å². The maximum atomic E-state index is 12.4. The number of benzene rings is 1. The molecule has 5 heteroatoms. The molecule has 2 N–H and O–H groups in total. The molecule has 0 aliphatic carbocycles. The number of hydrogen-bond acceptors (Lipinski definition) is 3. The number of para-hydroxylation sites is 2. The Kier molecular flexibility index (Phi) is 3.78. The molecule has 1 aromatic carbocycles. The minimum Gasteiger partial charge on any atom is -0.495 e. The summed E-state index contributed by atoms with van der Waals surface area (Å²) in [5.74, 6) is 0.690. The van der Waals surface area contributed by atoms with Crippen LogP contribution in [0, 0.1) is 0 Å². The van der Waals surface area contributed by atoms with Gasteiger partial charge in [0.2, 0.25) is 0 Å². The summed E-state index contributed by atoms with van der Waals surface area (Å²) in [6.07, 6.45) is 3.45. The Morgan fingerprint density at radius 3 is 2.95 bits per heavy atom. The van der Waals surface area contributed by atoms with Crippen molar-refractivity contribution >= 4 is 11.7 Å². The smallest absolute Gasteiger partial charge is 0.322 e. The fourth-order valence-corrected chi connectivity index (χ4v) is 3.07. The predicted octanol–water partition coefficient (Wildman–Crippen LogP) is 2.05. The van der Waals surface area contributed by atoms with Crippen molar-refractivity contribution in [1.82, 2.24) is 10.2 Å². The Morgan fingerprint density at radius 2 is 2.10 bits per heavy atom. The highest BCUT2D eigenvalue weighted by molar-refractivity contribution is 5.91. The fraction of sp³-hybridized carbons (Fsp3) is 0.533. The summed E-state index contributed by atoms with van der Waals surface area (Å²) in [4.78, 5) is 14.3. The van der Waals surface area contributed by atoms with E-state index in [4.69, 9.17) is 4.74 Å². The number of nitrogens with zero attached hydrogens (tertiary/aromatic N) is 1. The van der Waals surface area contributed by atoms with Crippen LogP contribution in [-0.2, 0) is 0 Å². The number of fused-ring (bicyclic) bond motifs is 2. The molecule has 2 bridgehead atoms. The first-order valence-electron chi connectivity index (χ1n) is 7.21. The van der Waals surface area contributed by atoms with Gasteiger partial charge in [0.15, 0.2) is 0 Å². The number of ether oxygens (including phenoxy) is 1. The summed E-state index contributed by atoms with van der Waals surface area (Å²) >= 11 is 0. The van der Waals surface area contributed by atoms with Crippen molar-refractivity contribution in [2.45, 2.75) is 31.3 Å². The van der Waals surface area contributed by atoms with E-state index in [0.29, 0.717) is 17.8 Å². The third-order valence-electron chi connectivity index (χ3n) is 4.16. The molecule has 0 saturated carbocycles. The van der Waals surface area contributed by atoms with Gasteiger partial charge in [-0.25, -0.2) is 4.79 Å². The van der Waals surface area contributed by atoms with E-state index in [1.54, 1.807) is 7.11 Å². The van der Waals surface area contributed by atoms with Gasteiger partial charge >= 0.3 is 6.03 Å². The molecule has 0 spiro atoms. The molecule has 2 fully saturated rings. The summed E-state index contributed by atoms with van der Waals surface area (Å²) < 4.78 is 5.26. The Bertz CT molecular complexity index is 492. The molecule has 0 aromatic heterocycles. The first-order valence-corrected chi connectivity index (χ1v) is 7.21. The van der Waals surface area contributed by atoms with E-state index < -0.39 is 0 Å². The highest BCUT2D eigenvalue weighted by atomic mass is 16.5. The SMILES string of the molecule is COc1ccccc1NC(=O)N1CCC2CCC(C1)N2. The second-order valence-electron chi connectivity index (χ2n) is 5.50. The van der Waals surface area contributed by atoms with Gasteiger partial charge in [-0.2, -0.15) is 0 Å². The van der Waals surface area contributed by atoms with Crippen LogP contribution in [0.4, 0.5) is 10.5 Å². The van der Waals surface area contributed by atoms with Crippen molar-refractivity contribution in [2.24, 2.45) is 0 Å². The molecule has 1 aromatic rings. The zero-order valence-corrected chi connectivity index (χ0v) is 11.8. The monoisotopic (exact) mass is 275 g/mol. The van der Waals surface area contributed by atoms with Crippen LogP contribution in [0.5, 0.6) is 5.75 Å². The van der Waals surface area contributed by atoms with Crippen LogP contribution in [0.3, 0.4) is 0 Å². The van der Waals surface area contributed by atoms with E-state index in [-0.39, 0.29) is 6.03 Å². The Hall–Kier alpha value is -1.75. The number of likely N-dealkylation sites (tertiary alicyclic amines) is 1. The number of methoxy groups -OCH3 is 1. The zero-order valence-electron chi connectivity index (χ0n) is 11.8. The number of amides is 2.